The Balaban J connectivity index is 2.11. The fourth-order valence-corrected chi connectivity index (χ4v) is 3.61. The molecule has 1 aliphatic carbocycles. The Hall–Kier alpha value is -4.59. The van der Waals surface area contributed by atoms with Crippen molar-refractivity contribution in [3.05, 3.63) is 59.4 Å². The maximum atomic E-state index is 13.5. The molecule has 11 heteroatoms. The molecule has 4 N–H and O–H groups in total. The Labute approximate surface area is 205 Å². The Morgan fingerprint density at radius 3 is 2.53 bits per heavy atom. The third-order valence-electron chi connectivity index (χ3n) is 4.99. The molecule has 0 bridgehead atoms. The molecule has 1 aliphatic rings. The number of aliphatic carboxylic acids is 2. The number of nitrogens with one attached hydrogen (secondary N) is 1. The zero-order chi connectivity index (χ0) is 26.4. The lowest BCUT2D eigenvalue weighted by Gasteiger charge is -2.18. The van der Waals surface area contributed by atoms with Crippen molar-refractivity contribution in [1.29, 1.82) is 0 Å². The minimum atomic E-state index is -1.24. The third kappa shape index (κ3) is 6.50. The smallest absolute Gasteiger partial charge is 0.341 e. The van der Waals surface area contributed by atoms with Crippen LogP contribution in [0.25, 0.3) is 17.0 Å². The van der Waals surface area contributed by atoms with Crippen molar-refractivity contribution in [1.82, 2.24) is 15.1 Å². The molecule has 0 spiro atoms. The molecule has 1 aromatic heterocycles. The summed E-state index contributed by atoms with van der Waals surface area (Å²) in [5, 5.41) is 35.8. The average Bonchev–Trinajstić information content (AvgIpc) is 3.22. The zero-order valence-electron chi connectivity index (χ0n) is 19.5. The second-order valence-electron chi connectivity index (χ2n) is 8.37. The van der Waals surface area contributed by atoms with Crippen molar-refractivity contribution in [2.45, 2.75) is 32.7 Å². The number of carboxylic acid groups (broad SMARTS) is 2. The van der Waals surface area contributed by atoms with Gasteiger partial charge in [-0.05, 0) is 54.2 Å². The number of rotatable bonds is 11. The summed E-state index contributed by atoms with van der Waals surface area (Å²) in [5.74, 6) is -3.84. The van der Waals surface area contributed by atoms with E-state index in [2.05, 4.69) is 21.9 Å². The highest BCUT2D eigenvalue weighted by Crippen LogP contribution is 2.39. The van der Waals surface area contributed by atoms with E-state index >= 15 is 0 Å². The maximum absolute atomic E-state index is 13.5. The summed E-state index contributed by atoms with van der Waals surface area (Å²) in [6.07, 6.45) is 2.56. The first-order valence-corrected chi connectivity index (χ1v) is 10.9. The molecule has 0 saturated heterocycles. The van der Waals surface area contributed by atoms with Crippen molar-refractivity contribution < 1.29 is 38.8 Å². The van der Waals surface area contributed by atoms with Crippen molar-refractivity contribution in [2.24, 2.45) is 5.92 Å². The summed E-state index contributed by atoms with van der Waals surface area (Å²) in [6.45, 7) is 3.09. The van der Waals surface area contributed by atoms with E-state index in [9.17, 15) is 29.0 Å². The normalized spacial score (nSPS) is 13.2. The molecule has 0 radical (unpaired) electrons. The average molecular weight is 497 g/mol. The molecule has 3 rings (SSSR count). The van der Waals surface area contributed by atoms with Crippen molar-refractivity contribution >= 4 is 23.5 Å². The Morgan fingerprint density at radius 1 is 1.17 bits per heavy atom. The van der Waals surface area contributed by atoms with Crippen LogP contribution in [-0.2, 0) is 9.59 Å². The van der Waals surface area contributed by atoms with Crippen LogP contribution in [0.3, 0.4) is 0 Å². The molecule has 0 fully saturated rings. The van der Waals surface area contributed by atoms with Gasteiger partial charge in [-0.25, -0.2) is 9.48 Å². The minimum absolute atomic E-state index is 0.000149. The van der Waals surface area contributed by atoms with Gasteiger partial charge in [-0.15, -0.1) is 0 Å². The van der Waals surface area contributed by atoms with E-state index in [-0.39, 0.29) is 46.5 Å². The van der Waals surface area contributed by atoms with Crippen LogP contribution in [-0.4, -0.2) is 55.6 Å². The lowest BCUT2D eigenvalue weighted by atomic mass is 10.0. The number of carboxylic acids is 2. The van der Waals surface area contributed by atoms with Crippen LogP contribution in [0.2, 0.25) is 0 Å². The maximum Gasteiger partial charge on any atom is 0.341 e. The number of ether oxygens (including phenoxy) is 1. The van der Waals surface area contributed by atoms with Crippen LogP contribution in [0.5, 0.6) is 11.5 Å². The second-order valence-corrected chi connectivity index (χ2v) is 8.37. The van der Waals surface area contributed by atoms with Gasteiger partial charge in [0.25, 0.3) is 5.91 Å². The standard InChI is InChI=1S/C25H24FN3O7/c1-14(2)10-16(11-22(31)32)27-25(35)18-12-19(29(28-18)17-8-6-15(26)7-9-17)24-20(30)4-3-5-21(24)36-13-23(33)34/h3-6,8,12,14,16,30H,10-11,13H2,1-2H3,(H,27,35)(H,31,32)(H,33,34)/t16-/m0/s1. The summed E-state index contributed by atoms with van der Waals surface area (Å²) < 4.78 is 20.0. The monoisotopic (exact) mass is 497 g/mol. The van der Waals surface area contributed by atoms with Crippen LogP contribution in [0.15, 0.2) is 53.7 Å². The molecule has 36 heavy (non-hydrogen) atoms. The van der Waals surface area contributed by atoms with Crippen molar-refractivity contribution in [3.8, 4) is 22.8 Å². The van der Waals surface area contributed by atoms with Gasteiger partial charge in [0, 0.05) is 6.04 Å². The number of halogens is 1. The number of carbonyl (C=O) groups excluding carboxylic acids is 1. The van der Waals surface area contributed by atoms with Gasteiger partial charge in [-0.1, -0.05) is 19.9 Å². The predicted molar refractivity (Wildman–Crippen MR) is 126 cm³/mol. The van der Waals surface area contributed by atoms with Gasteiger partial charge >= 0.3 is 11.9 Å². The second kappa shape index (κ2) is 11.2. The first-order valence-electron chi connectivity index (χ1n) is 10.9. The number of carbonyl (C=O) groups is 3. The number of aromatic hydroxyl groups is 1. The van der Waals surface area contributed by atoms with E-state index in [0.29, 0.717) is 6.42 Å². The highest BCUT2D eigenvalue weighted by atomic mass is 19.1. The topological polar surface area (TPSA) is 151 Å². The quantitative estimate of drug-likeness (QED) is 0.345. The van der Waals surface area contributed by atoms with Crippen molar-refractivity contribution in [2.75, 3.05) is 6.61 Å². The molecule has 188 valence electrons. The molecule has 1 heterocycles. The molecule has 1 atom stereocenters. The predicted octanol–water partition coefficient (Wildman–Crippen LogP) is 3.36. The zero-order valence-corrected chi connectivity index (χ0v) is 19.5. The summed E-state index contributed by atoms with van der Waals surface area (Å²) in [4.78, 5) is 35.3. The molecule has 0 saturated carbocycles. The number of phenolic OH excluding ortho intramolecular Hbond substituents is 1. The van der Waals surface area contributed by atoms with Gasteiger partial charge in [-0.2, -0.15) is 9.49 Å². The fourth-order valence-electron chi connectivity index (χ4n) is 3.61. The molecule has 1 aromatic carbocycles. The molecule has 10 nitrogen and oxygen atoms in total. The van der Waals surface area contributed by atoms with Crippen molar-refractivity contribution in [3.63, 3.8) is 0 Å². The van der Waals surface area contributed by atoms with Gasteiger partial charge in [0.1, 0.15) is 17.2 Å². The van der Waals surface area contributed by atoms with Crippen LogP contribution in [0.4, 0.5) is 4.39 Å². The number of benzene rings is 1. The summed E-state index contributed by atoms with van der Waals surface area (Å²) in [5.41, 5.74) is 5.03. The first kappa shape index (κ1) is 26.0. The van der Waals surface area contributed by atoms with E-state index in [1.165, 1.54) is 35.0 Å². The molecular weight excluding hydrogens is 473 g/mol. The van der Waals surface area contributed by atoms with E-state index < -0.39 is 36.3 Å². The van der Waals surface area contributed by atoms with E-state index in [0.717, 1.165) is 6.08 Å². The number of nitrogens with zero attached hydrogens (tertiary/aromatic N) is 2. The van der Waals surface area contributed by atoms with Gasteiger partial charge < -0.3 is 25.4 Å². The lowest BCUT2D eigenvalue weighted by molar-refractivity contribution is -0.139. The fraction of sp³-hybridized carbons (Fsp3) is 0.280. The van der Waals surface area contributed by atoms with Crippen LogP contribution < -0.4 is 10.1 Å². The minimum Gasteiger partial charge on any atom is -0.507 e. The van der Waals surface area contributed by atoms with Crippen LogP contribution >= 0.6 is 0 Å². The van der Waals surface area contributed by atoms with Crippen LogP contribution in [0, 0.1) is 5.92 Å². The molecule has 1 amide bonds. The SMILES string of the molecule is CC(C)C[C@@H](CC(=O)O)NC(=O)c1cc(-c2c(O)cccc2OCC(=O)O)n(C2=C=C=C(F)C=C2)n1. The van der Waals surface area contributed by atoms with Gasteiger partial charge in [0.15, 0.2) is 18.1 Å². The Morgan fingerprint density at radius 2 is 1.92 bits per heavy atom. The molecule has 2 aromatic rings. The summed E-state index contributed by atoms with van der Waals surface area (Å²) in [6, 6.07) is 4.88. The Bertz CT molecular complexity index is 1330. The van der Waals surface area contributed by atoms with Crippen LogP contribution in [0.1, 0.15) is 37.2 Å². The molecule has 0 aliphatic heterocycles. The van der Waals surface area contributed by atoms with E-state index in [1.54, 1.807) is 0 Å². The molecular formula is C25H24FN3O7. The Kier molecular flexibility index (Phi) is 8.11. The number of amides is 1. The lowest BCUT2D eigenvalue weighted by Crippen LogP contribution is -2.37. The highest BCUT2D eigenvalue weighted by Gasteiger charge is 2.25. The largest absolute Gasteiger partial charge is 0.507 e. The van der Waals surface area contributed by atoms with E-state index in [1.807, 2.05) is 13.8 Å². The third-order valence-corrected chi connectivity index (χ3v) is 4.99. The highest BCUT2D eigenvalue weighted by molar-refractivity contribution is 5.95. The summed E-state index contributed by atoms with van der Waals surface area (Å²) >= 11 is 0. The number of allylic oxidation sites excluding steroid dienone is 4. The summed E-state index contributed by atoms with van der Waals surface area (Å²) in [7, 11) is 0. The first-order chi connectivity index (χ1) is 17.0. The van der Waals surface area contributed by atoms with Gasteiger partial charge in [0.2, 0.25) is 0 Å². The van der Waals surface area contributed by atoms with Gasteiger partial charge in [0.05, 0.1) is 17.7 Å². The number of phenols is 1. The number of hydrogen-bond donors (Lipinski definition) is 4. The number of hydrogen-bond acceptors (Lipinski definition) is 6. The number of aromatic nitrogens is 2. The molecule has 0 unspecified atom stereocenters. The van der Waals surface area contributed by atoms with Gasteiger partial charge in [-0.3, -0.25) is 9.59 Å². The van der Waals surface area contributed by atoms with E-state index in [4.69, 9.17) is 9.84 Å².